The second-order valence-electron chi connectivity index (χ2n) is 6.52. The van der Waals surface area contributed by atoms with Crippen LogP contribution in [0.2, 0.25) is 0 Å². The van der Waals surface area contributed by atoms with Gasteiger partial charge in [0, 0.05) is 24.5 Å². The Morgan fingerprint density at radius 2 is 1.94 bits per heavy atom. The van der Waals surface area contributed by atoms with E-state index in [0.29, 0.717) is 5.91 Å². The zero-order valence-corrected chi connectivity index (χ0v) is 10.8. The molecule has 0 bridgehead atoms. The maximum atomic E-state index is 12.4. The minimum absolute atomic E-state index is 0.0580. The van der Waals surface area contributed by atoms with Gasteiger partial charge in [0.2, 0.25) is 5.91 Å². The molecule has 1 saturated heterocycles. The predicted molar refractivity (Wildman–Crippen MR) is 64.9 cm³/mol. The molecule has 2 fully saturated rings. The van der Waals surface area contributed by atoms with E-state index in [1.54, 1.807) is 0 Å². The number of carbonyl (C=O) groups excluding carboxylic acids is 1. The third-order valence-electron chi connectivity index (χ3n) is 4.57. The van der Waals surface area contributed by atoms with Crippen molar-refractivity contribution in [1.29, 1.82) is 0 Å². The molecule has 0 radical (unpaired) electrons. The summed E-state index contributed by atoms with van der Waals surface area (Å²) in [5, 5.41) is 0. The normalized spacial score (nSPS) is 32.0. The van der Waals surface area contributed by atoms with Gasteiger partial charge in [0.1, 0.15) is 0 Å². The van der Waals surface area contributed by atoms with Crippen LogP contribution in [-0.2, 0) is 4.79 Å². The topological polar surface area (TPSA) is 46.3 Å². The molecule has 2 rings (SSSR count). The van der Waals surface area contributed by atoms with Crippen LogP contribution in [0.1, 0.15) is 46.5 Å². The Morgan fingerprint density at radius 1 is 1.31 bits per heavy atom. The van der Waals surface area contributed by atoms with Crippen LogP contribution in [0.25, 0.3) is 0 Å². The van der Waals surface area contributed by atoms with Crippen molar-refractivity contribution in [1.82, 2.24) is 4.90 Å². The summed E-state index contributed by atoms with van der Waals surface area (Å²) in [5.74, 6) is 0.360. The van der Waals surface area contributed by atoms with Gasteiger partial charge in [0.25, 0.3) is 0 Å². The second-order valence-corrected chi connectivity index (χ2v) is 6.52. The summed E-state index contributed by atoms with van der Waals surface area (Å²) in [7, 11) is 0. The molecule has 1 atom stereocenters. The van der Waals surface area contributed by atoms with Crippen LogP contribution in [0.4, 0.5) is 0 Å². The summed E-state index contributed by atoms with van der Waals surface area (Å²) in [6, 6.07) is 0.228. The van der Waals surface area contributed by atoms with Crippen molar-refractivity contribution in [2.45, 2.75) is 52.5 Å². The monoisotopic (exact) mass is 224 g/mol. The van der Waals surface area contributed by atoms with Gasteiger partial charge in [-0.15, -0.1) is 0 Å². The highest BCUT2D eigenvalue weighted by atomic mass is 16.2. The molecule has 1 aliphatic heterocycles. The molecule has 1 aliphatic carbocycles. The lowest BCUT2D eigenvalue weighted by Gasteiger charge is -2.47. The Labute approximate surface area is 98.4 Å². The van der Waals surface area contributed by atoms with Crippen molar-refractivity contribution in [2.75, 3.05) is 13.1 Å². The number of hydrogen-bond donors (Lipinski definition) is 1. The van der Waals surface area contributed by atoms with E-state index in [-0.39, 0.29) is 16.9 Å². The van der Waals surface area contributed by atoms with E-state index in [9.17, 15) is 4.79 Å². The van der Waals surface area contributed by atoms with Gasteiger partial charge in [-0.2, -0.15) is 0 Å². The van der Waals surface area contributed by atoms with Gasteiger partial charge in [0.05, 0.1) is 0 Å². The number of likely N-dealkylation sites (tertiary alicyclic amines) is 1. The molecule has 16 heavy (non-hydrogen) atoms. The summed E-state index contributed by atoms with van der Waals surface area (Å²) >= 11 is 0. The third-order valence-corrected chi connectivity index (χ3v) is 4.57. The molecule has 1 saturated carbocycles. The molecule has 0 aromatic heterocycles. The fraction of sp³-hybridized carbons (Fsp3) is 0.923. The highest BCUT2D eigenvalue weighted by Crippen LogP contribution is 2.43. The minimum atomic E-state index is -0.0580. The van der Waals surface area contributed by atoms with Crippen molar-refractivity contribution in [3.8, 4) is 0 Å². The molecule has 0 aromatic carbocycles. The highest BCUT2D eigenvalue weighted by molar-refractivity contribution is 5.83. The van der Waals surface area contributed by atoms with Crippen molar-refractivity contribution >= 4 is 5.91 Å². The van der Waals surface area contributed by atoms with Gasteiger partial charge in [-0.25, -0.2) is 0 Å². The van der Waals surface area contributed by atoms with Crippen molar-refractivity contribution in [3.05, 3.63) is 0 Å². The van der Waals surface area contributed by atoms with Crippen LogP contribution < -0.4 is 5.73 Å². The van der Waals surface area contributed by atoms with E-state index in [4.69, 9.17) is 5.73 Å². The summed E-state index contributed by atoms with van der Waals surface area (Å²) in [6.07, 6.45) is 4.28. The van der Waals surface area contributed by atoms with Crippen LogP contribution >= 0.6 is 0 Å². The fourth-order valence-electron chi connectivity index (χ4n) is 2.85. The first-order valence-electron chi connectivity index (χ1n) is 6.40. The standard InChI is InChI=1S/C13H24N2O/c1-12(2)9-15(8-5-10(12)14)11(16)13(3)6-4-7-13/h10H,4-9,14H2,1-3H3. The predicted octanol–water partition coefficient (Wildman–Crippen LogP) is 1.76. The smallest absolute Gasteiger partial charge is 0.228 e. The van der Waals surface area contributed by atoms with Gasteiger partial charge >= 0.3 is 0 Å². The highest BCUT2D eigenvalue weighted by Gasteiger charge is 2.44. The van der Waals surface area contributed by atoms with E-state index < -0.39 is 0 Å². The first kappa shape index (κ1) is 11.9. The molecular formula is C13H24N2O. The third kappa shape index (κ3) is 1.86. The van der Waals surface area contributed by atoms with Crippen LogP contribution in [0.5, 0.6) is 0 Å². The number of nitrogens with zero attached hydrogens (tertiary/aromatic N) is 1. The Balaban J connectivity index is 2.03. The largest absolute Gasteiger partial charge is 0.342 e. The molecule has 0 spiro atoms. The summed E-state index contributed by atoms with van der Waals surface area (Å²) in [4.78, 5) is 14.4. The lowest BCUT2D eigenvalue weighted by Crippen LogP contribution is -2.57. The van der Waals surface area contributed by atoms with E-state index >= 15 is 0 Å². The molecule has 2 aliphatic rings. The van der Waals surface area contributed by atoms with Gasteiger partial charge in [-0.1, -0.05) is 27.2 Å². The molecular weight excluding hydrogens is 200 g/mol. The van der Waals surface area contributed by atoms with Gasteiger partial charge < -0.3 is 10.6 Å². The van der Waals surface area contributed by atoms with Gasteiger partial charge in [-0.3, -0.25) is 4.79 Å². The second kappa shape index (κ2) is 3.73. The Kier molecular flexibility index (Phi) is 2.77. The maximum Gasteiger partial charge on any atom is 0.228 e. The Hall–Kier alpha value is -0.570. The number of nitrogens with two attached hydrogens (primary N) is 1. The van der Waals surface area contributed by atoms with E-state index in [1.807, 2.05) is 4.90 Å². The molecule has 0 aromatic rings. The summed E-state index contributed by atoms with van der Waals surface area (Å²) in [6.45, 7) is 8.11. The minimum Gasteiger partial charge on any atom is -0.342 e. The van der Waals surface area contributed by atoms with Crippen LogP contribution in [0.15, 0.2) is 0 Å². The van der Waals surface area contributed by atoms with Crippen molar-refractivity contribution in [3.63, 3.8) is 0 Å². The average Bonchev–Trinajstić information content (AvgIpc) is 2.17. The van der Waals surface area contributed by atoms with Crippen LogP contribution in [0.3, 0.4) is 0 Å². The summed E-state index contributed by atoms with van der Waals surface area (Å²) < 4.78 is 0. The van der Waals surface area contributed by atoms with E-state index in [0.717, 1.165) is 32.4 Å². The first-order valence-corrected chi connectivity index (χ1v) is 6.40. The Morgan fingerprint density at radius 3 is 2.38 bits per heavy atom. The molecule has 1 unspecified atom stereocenters. The number of hydrogen-bond acceptors (Lipinski definition) is 2. The SMILES string of the molecule is CC1(C(=O)N2CCC(N)C(C)(C)C2)CCC1. The molecule has 1 heterocycles. The fourth-order valence-corrected chi connectivity index (χ4v) is 2.85. The van der Waals surface area contributed by atoms with Crippen LogP contribution in [0, 0.1) is 10.8 Å². The van der Waals surface area contributed by atoms with E-state index in [1.165, 1.54) is 6.42 Å². The number of carbonyl (C=O) groups is 1. The zero-order chi connectivity index (χ0) is 12.0. The summed E-state index contributed by atoms with van der Waals surface area (Å²) in [5.41, 5.74) is 6.10. The van der Waals surface area contributed by atoms with Crippen molar-refractivity contribution in [2.24, 2.45) is 16.6 Å². The average molecular weight is 224 g/mol. The van der Waals surface area contributed by atoms with Gasteiger partial charge in [0.15, 0.2) is 0 Å². The maximum absolute atomic E-state index is 12.4. The zero-order valence-electron chi connectivity index (χ0n) is 10.8. The van der Waals surface area contributed by atoms with E-state index in [2.05, 4.69) is 20.8 Å². The molecule has 1 amide bonds. The molecule has 3 heteroatoms. The number of amides is 1. The molecule has 2 N–H and O–H groups in total. The quantitative estimate of drug-likeness (QED) is 0.737. The molecule has 92 valence electrons. The van der Waals surface area contributed by atoms with Crippen molar-refractivity contribution < 1.29 is 4.79 Å². The number of piperidine rings is 1. The molecule has 3 nitrogen and oxygen atoms in total. The van der Waals surface area contributed by atoms with Gasteiger partial charge in [-0.05, 0) is 24.7 Å². The lowest BCUT2D eigenvalue weighted by atomic mass is 9.68. The Bertz CT molecular complexity index is 294. The number of rotatable bonds is 1. The lowest BCUT2D eigenvalue weighted by molar-refractivity contribution is -0.149. The van der Waals surface area contributed by atoms with Crippen LogP contribution in [-0.4, -0.2) is 29.9 Å². The first-order chi connectivity index (χ1) is 7.35.